The van der Waals surface area contributed by atoms with Gasteiger partial charge in [-0.05, 0) is 62.3 Å². The lowest BCUT2D eigenvalue weighted by Crippen LogP contribution is -2.56. The van der Waals surface area contributed by atoms with Crippen molar-refractivity contribution in [2.75, 3.05) is 7.05 Å². The van der Waals surface area contributed by atoms with Crippen LogP contribution in [0, 0.1) is 16.7 Å². The lowest BCUT2D eigenvalue weighted by Gasteiger charge is -2.64. The summed E-state index contributed by atoms with van der Waals surface area (Å²) in [6, 6.07) is 0. The van der Waals surface area contributed by atoms with Crippen LogP contribution in [0.5, 0.6) is 0 Å². The van der Waals surface area contributed by atoms with E-state index in [1.54, 1.807) is 0 Å². The lowest BCUT2D eigenvalue weighted by molar-refractivity contribution is -0.110. The van der Waals surface area contributed by atoms with Gasteiger partial charge in [0.1, 0.15) is 10.0 Å². The first-order chi connectivity index (χ1) is 9.44. The Balaban J connectivity index is 1.72. The molecule has 1 aromatic rings. The highest BCUT2D eigenvalue weighted by Gasteiger charge is 2.61. The summed E-state index contributed by atoms with van der Waals surface area (Å²) in [5, 5.41) is 14.7. The highest BCUT2D eigenvalue weighted by atomic mass is 32.1. The van der Waals surface area contributed by atoms with E-state index in [0.717, 1.165) is 17.5 Å². The zero-order chi connectivity index (χ0) is 14.0. The minimum atomic E-state index is 0.354. The van der Waals surface area contributed by atoms with Crippen molar-refractivity contribution in [3.63, 3.8) is 0 Å². The van der Waals surface area contributed by atoms with E-state index >= 15 is 0 Å². The molecule has 2 atom stereocenters. The largest absolute Gasteiger partial charge is 0.313 e. The Labute approximate surface area is 125 Å². The molecule has 110 valence electrons. The molecule has 4 aliphatic carbocycles. The standard InChI is InChI=1S/C16H25N3S/c1-14-4-11-5-15(2,8-14)10-16(6-11,9-14)13-19-18-12(20-13)7-17-3/h11,17H,4-10H2,1-3H3. The number of hydrogen-bond donors (Lipinski definition) is 1. The van der Waals surface area contributed by atoms with Crippen molar-refractivity contribution in [3.8, 4) is 0 Å². The van der Waals surface area contributed by atoms with Crippen LogP contribution < -0.4 is 5.32 Å². The molecule has 0 spiro atoms. The molecule has 1 N–H and O–H groups in total. The Hall–Kier alpha value is -0.480. The number of aromatic nitrogens is 2. The molecule has 0 amide bonds. The summed E-state index contributed by atoms with van der Waals surface area (Å²) < 4.78 is 0. The van der Waals surface area contributed by atoms with Gasteiger partial charge in [-0.25, -0.2) is 0 Å². The van der Waals surface area contributed by atoms with Crippen LogP contribution in [0.2, 0.25) is 0 Å². The average Bonchev–Trinajstić information content (AvgIpc) is 2.73. The Morgan fingerprint density at radius 3 is 2.40 bits per heavy atom. The second kappa shape index (κ2) is 4.04. The molecule has 2 unspecified atom stereocenters. The maximum atomic E-state index is 4.62. The van der Waals surface area contributed by atoms with E-state index in [0.29, 0.717) is 16.2 Å². The predicted octanol–water partition coefficient (Wildman–Crippen LogP) is 3.51. The van der Waals surface area contributed by atoms with Crippen molar-refractivity contribution < 1.29 is 0 Å². The Kier molecular flexibility index (Phi) is 2.67. The van der Waals surface area contributed by atoms with Crippen molar-refractivity contribution in [2.24, 2.45) is 16.7 Å². The van der Waals surface area contributed by atoms with Gasteiger partial charge in [0.05, 0.1) is 0 Å². The third kappa shape index (κ3) is 1.87. The summed E-state index contributed by atoms with van der Waals surface area (Å²) in [6.07, 6.45) is 8.40. The molecule has 3 nitrogen and oxygen atoms in total. The molecule has 0 aromatic carbocycles. The van der Waals surface area contributed by atoms with E-state index in [1.807, 2.05) is 18.4 Å². The highest BCUT2D eigenvalue weighted by molar-refractivity contribution is 7.11. The van der Waals surface area contributed by atoms with Gasteiger partial charge in [-0.15, -0.1) is 10.2 Å². The molecule has 0 saturated heterocycles. The Morgan fingerprint density at radius 2 is 1.80 bits per heavy atom. The fourth-order valence-electron chi connectivity index (χ4n) is 6.38. The first-order valence-electron chi connectivity index (χ1n) is 7.92. The zero-order valence-electron chi connectivity index (χ0n) is 12.8. The number of nitrogens with zero attached hydrogens (tertiary/aromatic N) is 2. The molecular weight excluding hydrogens is 266 g/mol. The molecule has 0 radical (unpaired) electrons. The quantitative estimate of drug-likeness (QED) is 0.926. The third-order valence-electron chi connectivity index (χ3n) is 5.87. The normalized spacial score (nSPS) is 46.0. The Bertz CT molecular complexity index is 520. The number of hydrogen-bond acceptors (Lipinski definition) is 4. The molecule has 0 aliphatic heterocycles. The van der Waals surface area contributed by atoms with Crippen LogP contribution in [0.4, 0.5) is 0 Å². The van der Waals surface area contributed by atoms with E-state index in [-0.39, 0.29) is 0 Å². The van der Waals surface area contributed by atoms with Crippen molar-refractivity contribution in [1.82, 2.24) is 15.5 Å². The molecule has 1 aromatic heterocycles. The maximum Gasteiger partial charge on any atom is 0.131 e. The van der Waals surface area contributed by atoms with Crippen LogP contribution in [-0.4, -0.2) is 17.2 Å². The summed E-state index contributed by atoms with van der Waals surface area (Å²) in [6.45, 7) is 5.91. The van der Waals surface area contributed by atoms with E-state index in [4.69, 9.17) is 0 Å². The molecule has 4 bridgehead atoms. The van der Waals surface area contributed by atoms with Gasteiger partial charge in [0, 0.05) is 12.0 Å². The molecular formula is C16H25N3S. The second-order valence-corrected chi connectivity index (χ2v) is 9.50. The van der Waals surface area contributed by atoms with Crippen molar-refractivity contribution >= 4 is 11.3 Å². The van der Waals surface area contributed by atoms with E-state index in [1.165, 1.54) is 43.5 Å². The monoisotopic (exact) mass is 291 g/mol. The van der Waals surface area contributed by atoms with Crippen LogP contribution in [-0.2, 0) is 12.0 Å². The SMILES string of the molecule is CNCc1nnc(C23CC4CC(C)(CC(C)(C4)C2)C3)s1. The molecule has 1 heterocycles. The van der Waals surface area contributed by atoms with Gasteiger partial charge in [-0.1, -0.05) is 25.2 Å². The van der Waals surface area contributed by atoms with Crippen LogP contribution in [0.3, 0.4) is 0 Å². The summed E-state index contributed by atoms with van der Waals surface area (Å²) in [7, 11) is 1.98. The average molecular weight is 291 g/mol. The molecule has 5 rings (SSSR count). The minimum absolute atomic E-state index is 0.354. The summed E-state index contributed by atoms with van der Waals surface area (Å²) in [4.78, 5) is 0. The minimum Gasteiger partial charge on any atom is -0.313 e. The number of rotatable bonds is 3. The lowest BCUT2D eigenvalue weighted by atomic mass is 9.40. The smallest absolute Gasteiger partial charge is 0.131 e. The highest BCUT2D eigenvalue weighted by Crippen LogP contribution is 2.69. The fraction of sp³-hybridized carbons (Fsp3) is 0.875. The summed E-state index contributed by atoms with van der Waals surface area (Å²) in [5.74, 6) is 0.929. The summed E-state index contributed by atoms with van der Waals surface area (Å²) >= 11 is 1.86. The van der Waals surface area contributed by atoms with Crippen LogP contribution in [0.15, 0.2) is 0 Å². The van der Waals surface area contributed by atoms with Gasteiger partial charge >= 0.3 is 0 Å². The molecule has 4 heteroatoms. The van der Waals surface area contributed by atoms with Crippen LogP contribution in [0.1, 0.15) is 62.4 Å². The Morgan fingerprint density at radius 1 is 1.10 bits per heavy atom. The molecule has 4 fully saturated rings. The molecule has 4 aliphatic rings. The van der Waals surface area contributed by atoms with E-state index in [2.05, 4.69) is 29.4 Å². The maximum absolute atomic E-state index is 4.62. The topological polar surface area (TPSA) is 37.8 Å². The third-order valence-corrected chi connectivity index (χ3v) is 7.04. The van der Waals surface area contributed by atoms with Crippen LogP contribution in [0.25, 0.3) is 0 Å². The van der Waals surface area contributed by atoms with Gasteiger partial charge in [0.2, 0.25) is 0 Å². The van der Waals surface area contributed by atoms with Gasteiger partial charge < -0.3 is 5.32 Å². The fourth-order valence-corrected chi connectivity index (χ4v) is 7.42. The van der Waals surface area contributed by atoms with Crippen molar-refractivity contribution in [3.05, 3.63) is 10.0 Å². The second-order valence-electron chi connectivity index (χ2n) is 8.44. The van der Waals surface area contributed by atoms with Gasteiger partial charge in [-0.2, -0.15) is 0 Å². The first kappa shape index (κ1) is 13.2. The van der Waals surface area contributed by atoms with Crippen molar-refractivity contribution in [1.29, 1.82) is 0 Å². The van der Waals surface area contributed by atoms with E-state index in [9.17, 15) is 0 Å². The van der Waals surface area contributed by atoms with E-state index < -0.39 is 0 Å². The molecule has 4 saturated carbocycles. The van der Waals surface area contributed by atoms with Crippen LogP contribution >= 0.6 is 11.3 Å². The summed E-state index contributed by atoms with van der Waals surface area (Å²) in [5.41, 5.74) is 1.47. The zero-order valence-corrected chi connectivity index (χ0v) is 13.6. The van der Waals surface area contributed by atoms with Gasteiger partial charge in [0.15, 0.2) is 0 Å². The van der Waals surface area contributed by atoms with Gasteiger partial charge in [-0.3, -0.25) is 0 Å². The first-order valence-corrected chi connectivity index (χ1v) is 8.74. The van der Waals surface area contributed by atoms with Crippen molar-refractivity contribution in [2.45, 2.75) is 64.3 Å². The van der Waals surface area contributed by atoms with Gasteiger partial charge in [0.25, 0.3) is 0 Å². The number of nitrogens with one attached hydrogen (secondary N) is 1. The predicted molar refractivity (Wildman–Crippen MR) is 81.8 cm³/mol. The molecule has 20 heavy (non-hydrogen) atoms.